The Morgan fingerprint density at radius 2 is 1.65 bits per heavy atom. The Labute approximate surface area is 101 Å². The van der Waals surface area contributed by atoms with Gasteiger partial charge in [0.15, 0.2) is 6.61 Å². The second kappa shape index (κ2) is 4.73. The molecule has 4 nitrogen and oxygen atoms in total. The second-order valence-corrected chi connectivity index (χ2v) is 3.36. The van der Waals surface area contributed by atoms with Crippen molar-refractivity contribution in [1.82, 2.24) is 15.2 Å². The molecule has 1 aromatic rings. The SMILES string of the molecule is FC(F)(F)C(F)(F)COc1nc(Cl)nnc1Cl. The normalized spacial score (nSPS) is 12.6. The lowest BCUT2D eigenvalue weighted by Crippen LogP contribution is -2.41. The number of hydrogen-bond acceptors (Lipinski definition) is 4. The quantitative estimate of drug-likeness (QED) is 0.805. The minimum Gasteiger partial charge on any atom is -0.469 e. The summed E-state index contributed by atoms with van der Waals surface area (Å²) in [5, 5.41) is 5.15. The monoisotopic (exact) mass is 297 g/mol. The summed E-state index contributed by atoms with van der Waals surface area (Å²) in [5.74, 6) is -5.79. The van der Waals surface area contributed by atoms with E-state index in [0.29, 0.717) is 0 Å². The zero-order chi connectivity index (χ0) is 13.3. The molecule has 96 valence electrons. The van der Waals surface area contributed by atoms with E-state index in [4.69, 9.17) is 23.2 Å². The van der Waals surface area contributed by atoms with Crippen molar-refractivity contribution in [3.63, 3.8) is 0 Å². The summed E-state index contributed by atoms with van der Waals surface area (Å²) < 4.78 is 64.4. The number of halogens is 7. The molecule has 0 bridgehead atoms. The van der Waals surface area contributed by atoms with Crippen molar-refractivity contribution >= 4 is 23.2 Å². The van der Waals surface area contributed by atoms with Gasteiger partial charge in [0.2, 0.25) is 10.4 Å². The molecule has 17 heavy (non-hydrogen) atoms. The van der Waals surface area contributed by atoms with Gasteiger partial charge in [-0.25, -0.2) is 0 Å². The third kappa shape index (κ3) is 3.50. The van der Waals surface area contributed by atoms with Crippen LogP contribution in [0.5, 0.6) is 5.88 Å². The molecule has 0 amide bonds. The zero-order valence-corrected chi connectivity index (χ0v) is 9.11. The van der Waals surface area contributed by atoms with Crippen molar-refractivity contribution in [2.45, 2.75) is 12.1 Å². The number of aromatic nitrogens is 3. The Morgan fingerprint density at radius 3 is 2.18 bits per heavy atom. The fourth-order valence-electron chi connectivity index (χ4n) is 0.613. The zero-order valence-electron chi connectivity index (χ0n) is 7.60. The molecule has 0 unspecified atom stereocenters. The first-order chi connectivity index (χ1) is 7.63. The summed E-state index contributed by atoms with van der Waals surface area (Å²) in [6, 6.07) is 0. The molecular formula is C6H2Cl2F5N3O. The Balaban J connectivity index is 2.77. The first-order valence-electron chi connectivity index (χ1n) is 3.76. The van der Waals surface area contributed by atoms with Gasteiger partial charge >= 0.3 is 12.1 Å². The van der Waals surface area contributed by atoms with Gasteiger partial charge in [0.1, 0.15) is 0 Å². The summed E-state index contributed by atoms with van der Waals surface area (Å²) in [7, 11) is 0. The Hall–Kier alpha value is -0.960. The highest BCUT2D eigenvalue weighted by Crippen LogP contribution is 2.36. The molecule has 0 aliphatic heterocycles. The molecule has 0 aromatic carbocycles. The molecule has 11 heteroatoms. The minimum atomic E-state index is -5.73. The first-order valence-corrected chi connectivity index (χ1v) is 4.52. The van der Waals surface area contributed by atoms with Crippen LogP contribution in [0.25, 0.3) is 0 Å². The van der Waals surface area contributed by atoms with E-state index >= 15 is 0 Å². The maximum atomic E-state index is 12.5. The van der Waals surface area contributed by atoms with Crippen LogP contribution in [0.15, 0.2) is 0 Å². The third-order valence-electron chi connectivity index (χ3n) is 1.40. The molecule has 0 saturated heterocycles. The van der Waals surface area contributed by atoms with E-state index in [1.807, 2.05) is 0 Å². The molecular weight excluding hydrogens is 296 g/mol. The lowest BCUT2D eigenvalue weighted by molar-refractivity contribution is -0.290. The molecule has 0 fully saturated rings. The van der Waals surface area contributed by atoms with Gasteiger partial charge < -0.3 is 4.74 Å². The smallest absolute Gasteiger partial charge is 0.456 e. The largest absolute Gasteiger partial charge is 0.469 e. The van der Waals surface area contributed by atoms with Crippen LogP contribution >= 0.6 is 23.2 Å². The van der Waals surface area contributed by atoms with Crippen LogP contribution in [0.1, 0.15) is 0 Å². The van der Waals surface area contributed by atoms with E-state index in [9.17, 15) is 22.0 Å². The van der Waals surface area contributed by atoms with Gasteiger partial charge in [0, 0.05) is 0 Å². The van der Waals surface area contributed by atoms with Crippen LogP contribution in [-0.2, 0) is 0 Å². The Morgan fingerprint density at radius 1 is 1.06 bits per heavy atom. The third-order valence-corrected chi connectivity index (χ3v) is 1.79. The summed E-state index contributed by atoms with van der Waals surface area (Å²) in [5.41, 5.74) is 0. The van der Waals surface area contributed by atoms with Crippen molar-refractivity contribution in [1.29, 1.82) is 0 Å². The lowest BCUT2D eigenvalue weighted by Gasteiger charge is -2.19. The molecule has 0 atom stereocenters. The average Bonchev–Trinajstić information content (AvgIpc) is 2.18. The van der Waals surface area contributed by atoms with Crippen LogP contribution < -0.4 is 4.74 Å². The van der Waals surface area contributed by atoms with Gasteiger partial charge in [-0.2, -0.15) is 26.9 Å². The van der Waals surface area contributed by atoms with Crippen molar-refractivity contribution in [3.05, 3.63) is 10.4 Å². The van der Waals surface area contributed by atoms with Crippen molar-refractivity contribution < 1.29 is 26.7 Å². The molecule has 0 aliphatic rings. The predicted octanol–water partition coefficient (Wildman–Crippen LogP) is 2.75. The van der Waals surface area contributed by atoms with Crippen molar-refractivity contribution in [2.75, 3.05) is 6.61 Å². The lowest BCUT2D eigenvalue weighted by atomic mass is 10.3. The van der Waals surface area contributed by atoms with Crippen LogP contribution in [0.4, 0.5) is 22.0 Å². The molecule has 0 spiro atoms. The topological polar surface area (TPSA) is 47.9 Å². The highest BCUT2D eigenvalue weighted by molar-refractivity contribution is 6.31. The number of ether oxygens (including phenoxy) is 1. The van der Waals surface area contributed by atoms with Crippen molar-refractivity contribution in [3.8, 4) is 5.88 Å². The molecule has 1 heterocycles. The van der Waals surface area contributed by atoms with E-state index in [1.54, 1.807) is 0 Å². The number of nitrogens with zero attached hydrogens (tertiary/aromatic N) is 3. The fraction of sp³-hybridized carbons (Fsp3) is 0.500. The predicted molar refractivity (Wildman–Crippen MR) is 46.3 cm³/mol. The van der Waals surface area contributed by atoms with Gasteiger partial charge in [0.05, 0.1) is 0 Å². The second-order valence-electron chi connectivity index (χ2n) is 2.67. The highest BCUT2D eigenvalue weighted by Gasteiger charge is 2.58. The van der Waals surface area contributed by atoms with Crippen LogP contribution in [0.3, 0.4) is 0 Å². The summed E-state index contributed by atoms with van der Waals surface area (Å²) >= 11 is 10.5. The standard InChI is InChI=1S/C6H2Cl2F5N3O/c7-2-3(14-4(8)16-15-2)17-1-5(9,10)6(11,12)13/h1H2. The molecule has 0 aliphatic carbocycles. The molecule has 0 radical (unpaired) electrons. The first kappa shape index (κ1) is 14.1. The van der Waals surface area contributed by atoms with E-state index < -0.39 is 35.0 Å². The van der Waals surface area contributed by atoms with E-state index in [2.05, 4.69) is 19.9 Å². The van der Waals surface area contributed by atoms with Gasteiger partial charge in [-0.3, -0.25) is 0 Å². The van der Waals surface area contributed by atoms with Gasteiger partial charge in [-0.15, -0.1) is 10.2 Å². The highest BCUT2D eigenvalue weighted by atomic mass is 35.5. The van der Waals surface area contributed by atoms with Crippen LogP contribution in [0.2, 0.25) is 10.4 Å². The average molecular weight is 298 g/mol. The summed E-state index contributed by atoms with van der Waals surface area (Å²) in [6.45, 7) is -1.98. The maximum Gasteiger partial charge on any atom is 0.456 e. The van der Waals surface area contributed by atoms with Crippen molar-refractivity contribution in [2.24, 2.45) is 0 Å². The van der Waals surface area contributed by atoms with Crippen LogP contribution in [-0.4, -0.2) is 33.9 Å². The number of alkyl halides is 5. The van der Waals surface area contributed by atoms with E-state index in [-0.39, 0.29) is 0 Å². The molecule has 1 aromatic heterocycles. The summed E-state index contributed by atoms with van der Waals surface area (Å²) in [4.78, 5) is 3.19. The van der Waals surface area contributed by atoms with Gasteiger partial charge in [0.25, 0.3) is 5.88 Å². The maximum absolute atomic E-state index is 12.5. The number of rotatable bonds is 3. The van der Waals surface area contributed by atoms with Crippen LogP contribution in [0, 0.1) is 0 Å². The van der Waals surface area contributed by atoms with E-state index in [0.717, 1.165) is 0 Å². The van der Waals surface area contributed by atoms with E-state index in [1.165, 1.54) is 0 Å². The molecule has 1 rings (SSSR count). The fourth-order valence-corrected chi connectivity index (χ4v) is 0.862. The van der Waals surface area contributed by atoms with Gasteiger partial charge in [-0.1, -0.05) is 11.6 Å². The summed E-state index contributed by atoms with van der Waals surface area (Å²) in [6.07, 6.45) is -5.73. The number of hydrogen-bond donors (Lipinski definition) is 0. The Bertz CT molecular complexity index is 413. The van der Waals surface area contributed by atoms with Gasteiger partial charge in [-0.05, 0) is 11.6 Å². The molecule has 0 N–H and O–H groups in total. The minimum absolute atomic E-state index is 0.500. The Kier molecular flexibility index (Phi) is 3.92. The molecule has 0 saturated carbocycles.